The monoisotopic (exact) mass is 626 g/mol. The van der Waals surface area contributed by atoms with E-state index in [4.69, 9.17) is 4.98 Å². The van der Waals surface area contributed by atoms with Crippen LogP contribution in [0.5, 0.6) is 0 Å². The fraction of sp³-hybridized carbons (Fsp3) is 0.0444. The number of rotatable bonds is 5. The standard InChI is InChI=1S/C45H30N4/c1-3-9-32(10-4-1)44-47-48-45(33-11-5-2-6-12-33)49(44)36-21-15-29(16-22-36)37-23-17-30-20-26-40-38(24-18-31-19-25-39(37)42(30)43(31)40)41-27-34-13-7-8-14-35(34)28-46-41/h1-16,19-28H,17-18H2. The Hall–Kier alpha value is -6.39. The van der Waals surface area contributed by atoms with Gasteiger partial charge in [0, 0.05) is 34.0 Å². The van der Waals surface area contributed by atoms with Crippen molar-refractivity contribution in [2.45, 2.75) is 12.8 Å². The fourth-order valence-electron chi connectivity index (χ4n) is 7.68. The molecule has 230 valence electrons. The SMILES string of the molecule is C1=C(c2ccc(-n3c(-c4ccccc4)nnc3-c3ccccc3)cc2)c2ccc3c4c(ccc(c24)C1)C(c1cc2ccccc2cn1)=CC3. The van der Waals surface area contributed by atoms with Crippen LogP contribution in [0.1, 0.15) is 33.5 Å². The maximum atomic E-state index is 4.92. The van der Waals surface area contributed by atoms with Gasteiger partial charge in [-0.2, -0.15) is 0 Å². The van der Waals surface area contributed by atoms with Crippen LogP contribution in [0.15, 0.2) is 158 Å². The molecule has 0 amide bonds. The van der Waals surface area contributed by atoms with Gasteiger partial charge in [0.1, 0.15) is 0 Å². The van der Waals surface area contributed by atoms with Crippen LogP contribution < -0.4 is 0 Å². The van der Waals surface area contributed by atoms with Gasteiger partial charge < -0.3 is 0 Å². The van der Waals surface area contributed by atoms with Gasteiger partial charge in [-0.3, -0.25) is 9.55 Å². The second kappa shape index (κ2) is 11.1. The summed E-state index contributed by atoms with van der Waals surface area (Å²) in [6.07, 6.45) is 8.55. The number of hydrogen-bond donors (Lipinski definition) is 0. The van der Waals surface area contributed by atoms with E-state index in [2.05, 4.69) is 130 Å². The highest BCUT2D eigenvalue weighted by atomic mass is 15.3. The smallest absolute Gasteiger partial charge is 0.168 e. The number of allylic oxidation sites excluding steroid dienone is 2. The number of hydrogen-bond acceptors (Lipinski definition) is 3. The summed E-state index contributed by atoms with van der Waals surface area (Å²) in [6.45, 7) is 0. The summed E-state index contributed by atoms with van der Waals surface area (Å²) >= 11 is 0. The van der Waals surface area contributed by atoms with Crippen LogP contribution >= 0.6 is 0 Å². The van der Waals surface area contributed by atoms with Crippen molar-refractivity contribution in [3.63, 3.8) is 0 Å². The minimum Gasteiger partial charge on any atom is -0.275 e. The fourth-order valence-corrected chi connectivity index (χ4v) is 7.68. The Morgan fingerprint density at radius 2 is 1.02 bits per heavy atom. The molecule has 0 unspecified atom stereocenters. The molecule has 0 saturated carbocycles. The second-order valence-corrected chi connectivity index (χ2v) is 12.8. The van der Waals surface area contributed by atoms with Gasteiger partial charge in [-0.05, 0) is 80.6 Å². The van der Waals surface area contributed by atoms with Gasteiger partial charge in [-0.25, -0.2) is 0 Å². The van der Waals surface area contributed by atoms with Crippen LogP contribution in [0.3, 0.4) is 0 Å². The largest absolute Gasteiger partial charge is 0.275 e. The van der Waals surface area contributed by atoms with Crippen LogP contribution in [0, 0.1) is 0 Å². The van der Waals surface area contributed by atoms with E-state index in [1.807, 2.05) is 42.6 Å². The molecule has 6 aromatic carbocycles. The van der Waals surface area contributed by atoms with Crippen molar-refractivity contribution in [3.05, 3.63) is 191 Å². The van der Waals surface area contributed by atoms with E-state index in [-0.39, 0.29) is 0 Å². The average molecular weight is 627 g/mol. The van der Waals surface area contributed by atoms with Crippen LogP contribution in [-0.4, -0.2) is 19.7 Å². The second-order valence-electron chi connectivity index (χ2n) is 12.8. The zero-order valence-corrected chi connectivity index (χ0v) is 26.7. The summed E-state index contributed by atoms with van der Waals surface area (Å²) in [5, 5.41) is 14.5. The number of aromatic nitrogens is 4. The van der Waals surface area contributed by atoms with Crippen LogP contribution in [0.25, 0.3) is 61.2 Å². The van der Waals surface area contributed by atoms with E-state index in [1.165, 1.54) is 55.1 Å². The van der Waals surface area contributed by atoms with Crippen molar-refractivity contribution in [2.24, 2.45) is 0 Å². The molecule has 0 atom stereocenters. The number of benzene rings is 6. The minimum absolute atomic E-state index is 0.821. The predicted molar refractivity (Wildman–Crippen MR) is 199 cm³/mol. The first-order chi connectivity index (χ1) is 24.3. The lowest BCUT2D eigenvalue weighted by Crippen LogP contribution is -2.07. The number of nitrogens with zero attached hydrogens (tertiary/aromatic N) is 4. The van der Waals surface area contributed by atoms with Gasteiger partial charge in [0.15, 0.2) is 11.6 Å². The normalized spacial score (nSPS) is 13.4. The van der Waals surface area contributed by atoms with Crippen LogP contribution in [0.2, 0.25) is 0 Å². The predicted octanol–water partition coefficient (Wildman–Crippen LogP) is 10.3. The Morgan fingerprint density at radius 3 is 1.65 bits per heavy atom. The van der Waals surface area contributed by atoms with Gasteiger partial charge in [0.05, 0.1) is 5.69 Å². The molecule has 0 aliphatic heterocycles. The molecule has 2 aliphatic carbocycles. The van der Waals surface area contributed by atoms with Gasteiger partial charge in [-0.1, -0.05) is 133 Å². The Labute approximate surface area is 284 Å². The third kappa shape index (κ3) is 4.49. The summed E-state index contributed by atoms with van der Waals surface area (Å²) < 4.78 is 2.17. The number of fused-ring (bicyclic) bond motifs is 1. The van der Waals surface area contributed by atoms with E-state index >= 15 is 0 Å². The van der Waals surface area contributed by atoms with E-state index < -0.39 is 0 Å². The van der Waals surface area contributed by atoms with Crippen molar-refractivity contribution in [2.75, 3.05) is 0 Å². The first-order valence-electron chi connectivity index (χ1n) is 16.8. The van der Waals surface area contributed by atoms with E-state index in [0.717, 1.165) is 52.4 Å². The molecule has 49 heavy (non-hydrogen) atoms. The van der Waals surface area contributed by atoms with Gasteiger partial charge >= 0.3 is 0 Å². The van der Waals surface area contributed by atoms with E-state index in [9.17, 15) is 0 Å². The minimum atomic E-state index is 0.821. The molecule has 2 aliphatic rings. The molecule has 4 heteroatoms. The summed E-state index contributed by atoms with van der Waals surface area (Å²) in [6, 6.07) is 49.4. The first-order valence-corrected chi connectivity index (χ1v) is 16.8. The Bertz CT molecular complexity index is 2570. The maximum Gasteiger partial charge on any atom is 0.168 e. The molecule has 2 heterocycles. The van der Waals surface area contributed by atoms with Gasteiger partial charge in [0.2, 0.25) is 0 Å². The van der Waals surface area contributed by atoms with Crippen molar-refractivity contribution < 1.29 is 0 Å². The molecule has 0 radical (unpaired) electrons. The van der Waals surface area contributed by atoms with Gasteiger partial charge in [-0.15, -0.1) is 10.2 Å². The lowest BCUT2D eigenvalue weighted by molar-refractivity contribution is 1.07. The molecule has 2 aromatic heterocycles. The highest BCUT2D eigenvalue weighted by molar-refractivity contribution is 6.09. The summed E-state index contributed by atoms with van der Waals surface area (Å²) in [5.41, 5.74) is 13.1. The van der Waals surface area contributed by atoms with E-state index in [1.54, 1.807) is 0 Å². The molecule has 0 spiro atoms. The zero-order chi connectivity index (χ0) is 32.3. The third-order valence-corrected chi connectivity index (χ3v) is 10.0. The molecule has 0 bridgehead atoms. The molecule has 10 rings (SSSR count). The molecule has 0 fully saturated rings. The Balaban J connectivity index is 1.06. The van der Waals surface area contributed by atoms with Crippen molar-refractivity contribution >= 4 is 32.7 Å². The molecular formula is C45H30N4. The highest BCUT2D eigenvalue weighted by Crippen LogP contribution is 2.44. The third-order valence-electron chi connectivity index (χ3n) is 10.0. The van der Waals surface area contributed by atoms with Crippen molar-refractivity contribution in [3.8, 4) is 28.5 Å². The lowest BCUT2D eigenvalue weighted by Gasteiger charge is -2.26. The average Bonchev–Trinajstić information content (AvgIpc) is 3.63. The quantitative estimate of drug-likeness (QED) is 0.191. The summed E-state index contributed by atoms with van der Waals surface area (Å²) in [5.74, 6) is 1.64. The van der Waals surface area contributed by atoms with Crippen molar-refractivity contribution in [1.29, 1.82) is 0 Å². The van der Waals surface area contributed by atoms with Crippen LogP contribution in [-0.2, 0) is 12.8 Å². The maximum absolute atomic E-state index is 4.92. The van der Waals surface area contributed by atoms with E-state index in [0.29, 0.717) is 0 Å². The summed E-state index contributed by atoms with van der Waals surface area (Å²) in [7, 11) is 0. The molecule has 0 saturated heterocycles. The Kier molecular flexibility index (Phi) is 6.28. The number of pyridine rings is 1. The first kappa shape index (κ1) is 27.7. The molecule has 8 aromatic rings. The summed E-state index contributed by atoms with van der Waals surface area (Å²) in [4.78, 5) is 4.92. The van der Waals surface area contributed by atoms with Gasteiger partial charge in [0.25, 0.3) is 0 Å². The topological polar surface area (TPSA) is 43.6 Å². The van der Waals surface area contributed by atoms with Crippen LogP contribution in [0.4, 0.5) is 0 Å². The molecular weight excluding hydrogens is 597 g/mol. The zero-order valence-electron chi connectivity index (χ0n) is 26.7. The van der Waals surface area contributed by atoms with Crippen molar-refractivity contribution in [1.82, 2.24) is 19.7 Å². The lowest BCUT2D eigenvalue weighted by atomic mass is 9.78. The Morgan fingerprint density at radius 1 is 0.469 bits per heavy atom. The highest BCUT2D eigenvalue weighted by Gasteiger charge is 2.25. The molecule has 4 nitrogen and oxygen atoms in total. The molecule has 0 N–H and O–H groups in total.